The number of thioether (sulfide) groups is 2. The lowest BCUT2D eigenvalue weighted by Crippen LogP contribution is -1.86. The number of hydrogen-bond acceptors (Lipinski definition) is 9. The second kappa shape index (κ2) is 3.96. The third kappa shape index (κ3) is 1.65. The highest BCUT2D eigenvalue weighted by atomic mass is 32.2. The van der Waals surface area contributed by atoms with Gasteiger partial charge in [-0.05, 0) is 0 Å². The third-order valence-corrected chi connectivity index (χ3v) is 4.73. The van der Waals surface area contributed by atoms with Crippen molar-refractivity contribution in [2.45, 2.75) is 10.1 Å². The molecule has 3 heterocycles. The van der Waals surface area contributed by atoms with E-state index in [0.29, 0.717) is 25.6 Å². The molecule has 9 heteroatoms. The van der Waals surface area contributed by atoms with Crippen molar-refractivity contribution in [3.63, 3.8) is 0 Å². The van der Waals surface area contributed by atoms with Gasteiger partial charge >= 0.3 is 0 Å². The molecule has 6 nitrogen and oxygen atoms in total. The maximum absolute atomic E-state index is 8.79. The summed E-state index contributed by atoms with van der Waals surface area (Å²) in [6, 6.07) is 3.71. The predicted molar refractivity (Wildman–Crippen MR) is 63.0 cm³/mol. The Kier molecular flexibility index (Phi) is 2.44. The van der Waals surface area contributed by atoms with Crippen molar-refractivity contribution in [3.05, 3.63) is 9.81 Å². The highest BCUT2D eigenvalue weighted by molar-refractivity contribution is 8.24. The van der Waals surface area contributed by atoms with Gasteiger partial charge in [-0.25, -0.2) is 9.97 Å². The van der Waals surface area contributed by atoms with Crippen LogP contribution < -0.4 is 0 Å². The van der Waals surface area contributed by atoms with Crippen LogP contribution in [-0.4, -0.2) is 18.7 Å². The summed E-state index contributed by atoms with van der Waals surface area (Å²) >= 11 is 3.61. The first-order valence-corrected chi connectivity index (χ1v) is 6.58. The van der Waals surface area contributed by atoms with Gasteiger partial charge in [-0.3, -0.25) is 0 Å². The number of fused-ring (bicyclic) bond motifs is 2. The third-order valence-electron chi connectivity index (χ3n) is 1.86. The molecule has 0 bridgehead atoms. The van der Waals surface area contributed by atoms with Crippen molar-refractivity contribution < 1.29 is 0 Å². The summed E-state index contributed by atoms with van der Waals surface area (Å²) in [4.78, 5) is 8.56. The maximum Gasteiger partial charge on any atom is 0.213 e. The fourth-order valence-electron chi connectivity index (χ4n) is 1.16. The van der Waals surface area contributed by atoms with Gasteiger partial charge in [0.1, 0.15) is 27.8 Å². The van der Waals surface area contributed by atoms with Crippen LogP contribution in [0.2, 0.25) is 0 Å². The number of aromatic nitrogens is 4. The zero-order valence-corrected chi connectivity index (χ0v) is 10.4. The smallest absolute Gasteiger partial charge is 0.213 e. The van der Waals surface area contributed by atoms with Crippen LogP contribution in [-0.2, 0) is 0 Å². The van der Waals surface area contributed by atoms with Gasteiger partial charge < -0.3 is 0 Å². The van der Waals surface area contributed by atoms with Crippen LogP contribution in [0, 0.1) is 22.7 Å². The zero-order valence-electron chi connectivity index (χ0n) is 7.91. The predicted octanol–water partition coefficient (Wildman–Crippen LogP) is 1.94. The molecule has 0 unspecified atom stereocenters. The molecule has 0 atom stereocenters. The fourth-order valence-corrected chi connectivity index (χ4v) is 3.75. The molecular formula is C8N6S3. The van der Waals surface area contributed by atoms with Gasteiger partial charge in [0.05, 0.1) is 16.0 Å². The van der Waals surface area contributed by atoms with Gasteiger partial charge in [0, 0.05) is 0 Å². The summed E-state index contributed by atoms with van der Waals surface area (Å²) in [6.07, 6.45) is 0. The van der Waals surface area contributed by atoms with Crippen LogP contribution in [0.4, 0.5) is 0 Å². The monoisotopic (exact) mass is 276 g/mol. The number of rotatable bonds is 0. The van der Waals surface area contributed by atoms with Crippen molar-refractivity contribution in [3.8, 4) is 12.1 Å². The first-order valence-electron chi connectivity index (χ1n) is 4.22. The molecule has 17 heavy (non-hydrogen) atoms. The Balaban J connectivity index is 2.13. The summed E-state index contributed by atoms with van der Waals surface area (Å²) in [6.45, 7) is 0. The second-order valence-electron chi connectivity index (χ2n) is 2.84. The fraction of sp³-hybridized carbons (Fsp3) is 0. The lowest BCUT2D eigenvalue weighted by atomic mass is 10.4. The molecule has 0 spiro atoms. The summed E-state index contributed by atoms with van der Waals surface area (Å²) in [5.74, 6) is 0. The summed E-state index contributed by atoms with van der Waals surface area (Å²) in [7, 11) is 0. The maximum atomic E-state index is 8.79. The van der Waals surface area contributed by atoms with E-state index in [4.69, 9.17) is 10.5 Å². The van der Waals surface area contributed by atoms with Crippen molar-refractivity contribution in [2.24, 2.45) is 0 Å². The Morgan fingerprint density at radius 2 is 1.47 bits per heavy atom. The highest BCUT2D eigenvalue weighted by Crippen LogP contribution is 2.50. The molecule has 0 fully saturated rings. The van der Waals surface area contributed by atoms with Gasteiger partial charge in [-0.1, -0.05) is 23.5 Å². The van der Waals surface area contributed by atoms with Crippen molar-refractivity contribution in [2.75, 3.05) is 0 Å². The Hall–Kier alpha value is -1.68. The normalized spacial score (nSPS) is 13.2. The molecule has 0 N–H and O–H groups in total. The van der Waals surface area contributed by atoms with Gasteiger partial charge in [-0.15, -0.1) is 0 Å². The molecule has 1 aliphatic rings. The molecule has 80 valence electrons. The number of nitriles is 2. The van der Waals surface area contributed by atoms with Crippen LogP contribution >= 0.6 is 35.3 Å². The van der Waals surface area contributed by atoms with Crippen LogP contribution in [0.25, 0.3) is 11.3 Å². The summed E-state index contributed by atoms with van der Waals surface area (Å²) < 4.78 is 8.60. The molecule has 0 amide bonds. The van der Waals surface area contributed by atoms with Crippen molar-refractivity contribution in [1.29, 1.82) is 10.5 Å². The van der Waals surface area contributed by atoms with Crippen LogP contribution in [0.1, 0.15) is 0 Å². The van der Waals surface area contributed by atoms with E-state index in [9.17, 15) is 0 Å². The van der Waals surface area contributed by atoms with E-state index in [1.807, 2.05) is 12.1 Å². The number of allylic oxidation sites excluding steroid dienone is 1. The lowest BCUT2D eigenvalue weighted by Gasteiger charge is -1.91. The highest BCUT2D eigenvalue weighted by Gasteiger charge is 2.25. The molecule has 0 aromatic carbocycles. The molecule has 0 radical (unpaired) electrons. The molecule has 0 saturated carbocycles. The van der Waals surface area contributed by atoms with Crippen LogP contribution in [0.5, 0.6) is 0 Å². The van der Waals surface area contributed by atoms with Crippen molar-refractivity contribution >= 4 is 46.5 Å². The average Bonchev–Trinajstić information content (AvgIpc) is 2.92. The van der Waals surface area contributed by atoms with Gasteiger partial charge in [0.2, 0.25) is 11.3 Å². The standard InChI is InChI=1S/C8N6S3/c9-1-3(2-10)8-15-6-7(16-8)12-5-4(11-6)13-17-14-5. The minimum Gasteiger partial charge on any atom is -0.215 e. The quantitative estimate of drug-likeness (QED) is 0.673. The molecule has 2 aromatic rings. The zero-order chi connectivity index (χ0) is 11.8. The lowest BCUT2D eigenvalue weighted by molar-refractivity contribution is 0.969. The van der Waals surface area contributed by atoms with E-state index in [1.165, 1.54) is 23.5 Å². The first kappa shape index (κ1) is 10.5. The number of hydrogen-bond donors (Lipinski definition) is 0. The molecule has 0 aliphatic carbocycles. The van der Waals surface area contributed by atoms with Crippen LogP contribution in [0.3, 0.4) is 0 Å². The molecule has 3 rings (SSSR count). The average molecular weight is 276 g/mol. The van der Waals surface area contributed by atoms with E-state index in [0.717, 1.165) is 11.7 Å². The van der Waals surface area contributed by atoms with E-state index >= 15 is 0 Å². The van der Waals surface area contributed by atoms with E-state index in [2.05, 4.69) is 18.7 Å². The SMILES string of the molecule is N#CC(C#N)=C1Sc2nc3nsnc3nc2S1. The van der Waals surface area contributed by atoms with E-state index in [1.54, 1.807) is 0 Å². The van der Waals surface area contributed by atoms with Gasteiger partial charge in [0.15, 0.2) is 0 Å². The Morgan fingerprint density at radius 3 is 1.94 bits per heavy atom. The molecular weight excluding hydrogens is 276 g/mol. The Labute approximate surface area is 108 Å². The summed E-state index contributed by atoms with van der Waals surface area (Å²) in [5.41, 5.74) is 1.08. The van der Waals surface area contributed by atoms with E-state index < -0.39 is 0 Å². The molecule has 0 saturated heterocycles. The number of nitrogens with zero attached hydrogens (tertiary/aromatic N) is 6. The van der Waals surface area contributed by atoms with Gasteiger partial charge in [0.25, 0.3) is 0 Å². The van der Waals surface area contributed by atoms with E-state index in [-0.39, 0.29) is 5.57 Å². The summed E-state index contributed by atoms with van der Waals surface area (Å²) in [5, 5.41) is 18.9. The van der Waals surface area contributed by atoms with Gasteiger partial charge in [-0.2, -0.15) is 19.3 Å². The molecule has 1 aliphatic heterocycles. The van der Waals surface area contributed by atoms with Crippen molar-refractivity contribution in [1.82, 2.24) is 18.7 Å². The minimum absolute atomic E-state index is 0.0863. The van der Waals surface area contributed by atoms with Crippen LogP contribution in [0.15, 0.2) is 19.9 Å². The Morgan fingerprint density at radius 1 is 0.941 bits per heavy atom. The Bertz CT molecular complexity index is 676. The second-order valence-corrected chi connectivity index (χ2v) is 5.62. The molecule has 2 aromatic heterocycles. The first-order chi connectivity index (χ1) is 8.31. The largest absolute Gasteiger partial charge is 0.215 e. The topological polar surface area (TPSA) is 99.1 Å². The minimum atomic E-state index is 0.0863.